The Morgan fingerprint density at radius 2 is 1.77 bits per heavy atom. The quantitative estimate of drug-likeness (QED) is 0.722. The van der Waals surface area contributed by atoms with E-state index in [2.05, 4.69) is 5.32 Å². The lowest BCUT2D eigenvalue weighted by Gasteiger charge is -2.20. The van der Waals surface area contributed by atoms with E-state index in [1.807, 2.05) is 45.9 Å². The lowest BCUT2D eigenvalue weighted by atomic mass is 10.1. The van der Waals surface area contributed by atoms with Gasteiger partial charge in [-0.2, -0.15) is 0 Å². The maximum absolute atomic E-state index is 12.1. The maximum atomic E-state index is 12.1. The largest absolute Gasteiger partial charge is 0.460 e. The Balaban J connectivity index is 2.27. The Labute approximate surface area is 155 Å². The molecule has 0 bridgehead atoms. The molecule has 0 aliphatic carbocycles. The van der Waals surface area contributed by atoms with Gasteiger partial charge >= 0.3 is 5.97 Å². The molecule has 0 unspecified atom stereocenters. The minimum absolute atomic E-state index is 0.0701. The Kier molecular flexibility index (Phi) is 8.29. The topological polar surface area (TPSA) is 75.7 Å². The van der Waals surface area contributed by atoms with Gasteiger partial charge in [0.25, 0.3) is 5.91 Å². The lowest BCUT2D eigenvalue weighted by molar-refractivity contribution is -0.155. The van der Waals surface area contributed by atoms with Gasteiger partial charge in [-0.15, -0.1) is 0 Å². The zero-order valence-corrected chi connectivity index (χ0v) is 16.4. The fourth-order valence-electron chi connectivity index (χ4n) is 2.37. The fourth-order valence-corrected chi connectivity index (χ4v) is 2.37. The van der Waals surface area contributed by atoms with Gasteiger partial charge in [-0.1, -0.05) is 18.2 Å². The Morgan fingerprint density at radius 1 is 1.12 bits per heavy atom. The molecule has 0 atom stereocenters. The molecule has 26 heavy (non-hydrogen) atoms. The van der Waals surface area contributed by atoms with Crippen LogP contribution in [0.1, 0.15) is 56.0 Å². The van der Waals surface area contributed by atoms with E-state index >= 15 is 0 Å². The minimum Gasteiger partial charge on any atom is -0.460 e. The third-order valence-electron chi connectivity index (χ3n) is 3.73. The van der Waals surface area contributed by atoms with Gasteiger partial charge < -0.3 is 15.0 Å². The van der Waals surface area contributed by atoms with E-state index < -0.39 is 5.60 Å². The van der Waals surface area contributed by atoms with Crippen LogP contribution in [0.2, 0.25) is 0 Å². The van der Waals surface area contributed by atoms with Crippen LogP contribution in [0, 0.1) is 6.92 Å². The van der Waals surface area contributed by atoms with Crippen LogP contribution in [-0.4, -0.2) is 48.4 Å². The number of ether oxygens (including phenoxy) is 1. The molecular formula is C20H30N2O4. The van der Waals surface area contributed by atoms with Gasteiger partial charge in [0.05, 0.1) is 0 Å². The van der Waals surface area contributed by atoms with Crippen molar-refractivity contribution in [2.75, 3.05) is 20.1 Å². The van der Waals surface area contributed by atoms with Crippen molar-refractivity contribution < 1.29 is 19.1 Å². The smallest absolute Gasteiger partial charge is 0.306 e. The molecule has 6 heteroatoms. The number of carbonyl (C=O) groups is 3. The number of aryl methyl sites for hydroxylation is 1. The molecule has 1 aromatic rings. The molecule has 0 radical (unpaired) electrons. The van der Waals surface area contributed by atoms with Gasteiger partial charge in [-0.3, -0.25) is 14.4 Å². The molecule has 1 N–H and O–H groups in total. The first-order valence-electron chi connectivity index (χ1n) is 8.90. The molecule has 1 rings (SSSR count). The summed E-state index contributed by atoms with van der Waals surface area (Å²) >= 11 is 0. The first-order chi connectivity index (χ1) is 12.1. The maximum Gasteiger partial charge on any atom is 0.306 e. The van der Waals surface area contributed by atoms with Gasteiger partial charge in [0, 0.05) is 38.5 Å². The molecule has 0 fully saturated rings. The van der Waals surface area contributed by atoms with Gasteiger partial charge in [-0.05, 0) is 45.7 Å². The van der Waals surface area contributed by atoms with Crippen molar-refractivity contribution in [1.29, 1.82) is 0 Å². The second-order valence-electron chi connectivity index (χ2n) is 7.33. The molecule has 0 aromatic heterocycles. The van der Waals surface area contributed by atoms with Crippen molar-refractivity contribution >= 4 is 17.8 Å². The molecule has 2 amide bonds. The summed E-state index contributed by atoms with van der Waals surface area (Å²) in [5.41, 5.74) is 1.02. The second kappa shape index (κ2) is 9.94. The summed E-state index contributed by atoms with van der Waals surface area (Å²) < 4.78 is 5.23. The third kappa shape index (κ3) is 8.14. The standard InChI is InChI=1S/C20H30N2O4/c1-15-9-6-7-10-16(15)19(25)21-13-12-17(23)22(5)14-8-11-18(24)26-20(2,3)4/h6-7,9-10H,8,11-14H2,1-5H3,(H,21,25). The van der Waals surface area contributed by atoms with Crippen LogP contribution >= 0.6 is 0 Å². The molecule has 0 spiro atoms. The number of nitrogens with one attached hydrogen (secondary N) is 1. The summed E-state index contributed by atoms with van der Waals surface area (Å²) in [5, 5.41) is 2.77. The number of benzene rings is 1. The molecule has 144 valence electrons. The Hall–Kier alpha value is -2.37. The number of hydrogen-bond donors (Lipinski definition) is 1. The second-order valence-corrected chi connectivity index (χ2v) is 7.33. The van der Waals surface area contributed by atoms with Crippen molar-refractivity contribution in [3.05, 3.63) is 35.4 Å². The van der Waals surface area contributed by atoms with E-state index in [1.165, 1.54) is 0 Å². The monoisotopic (exact) mass is 362 g/mol. The van der Waals surface area contributed by atoms with Crippen molar-refractivity contribution in [1.82, 2.24) is 10.2 Å². The van der Waals surface area contributed by atoms with Crippen molar-refractivity contribution in [3.8, 4) is 0 Å². The first kappa shape index (κ1) is 21.7. The molecule has 6 nitrogen and oxygen atoms in total. The Bertz CT molecular complexity index is 635. The molecular weight excluding hydrogens is 332 g/mol. The Morgan fingerprint density at radius 3 is 2.38 bits per heavy atom. The predicted molar refractivity (Wildman–Crippen MR) is 101 cm³/mol. The van der Waals surface area contributed by atoms with Crippen molar-refractivity contribution in [2.24, 2.45) is 0 Å². The van der Waals surface area contributed by atoms with E-state index in [0.717, 1.165) is 5.56 Å². The predicted octanol–water partition coefficient (Wildman–Crippen LogP) is 2.70. The highest BCUT2D eigenvalue weighted by molar-refractivity contribution is 5.95. The van der Waals surface area contributed by atoms with Crippen molar-refractivity contribution in [3.63, 3.8) is 0 Å². The number of carbonyl (C=O) groups excluding carboxylic acids is 3. The molecule has 0 aliphatic rings. The highest BCUT2D eigenvalue weighted by Crippen LogP contribution is 2.09. The molecule has 0 heterocycles. The summed E-state index contributed by atoms with van der Waals surface area (Å²) in [5.74, 6) is -0.508. The van der Waals surface area contributed by atoms with Crippen molar-refractivity contribution in [2.45, 2.75) is 52.6 Å². The van der Waals surface area contributed by atoms with Gasteiger partial charge in [-0.25, -0.2) is 0 Å². The van der Waals surface area contributed by atoms with Crippen LogP contribution < -0.4 is 5.32 Å². The molecule has 0 saturated carbocycles. The van der Waals surface area contributed by atoms with Crippen LogP contribution in [0.5, 0.6) is 0 Å². The van der Waals surface area contributed by atoms with E-state index in [0.29, 0.717) is 18.5 Å². The number of nitrogens with zero attached hydrogens (tertiary/aromatic N) is 1. The van der Waals surface area contributed by atoms with Gasteiger partial charge in [0.2, 0.25) is 5.91 Å². The SMILES string of the molecule is Cc1ccccc1C(=O)NCCC(=O)N(C)CCCC(=O)OC(C)(C)C. The zero-order valence-electron chi connectivity index (χ0n) is 16.4. The molecule has 0 saturated heterocycles. The fraction of sp³-hybridized carbons (Fsp3) is 0.550. The van der Waals surface area contributed by atoms with Crippen LogP contribution in [0.15, 0.2) is 24.3 Å². The number of hydrogen-bond acceptors (Lipinski definition) is 4. The van der Waals surface area contributed by atoms with Gasteiger partial charge in [0.15, 0.2) is 0 Å². The molecule has 1 aromatic carbocycles. The summed E-state index contributed by atoms with van der Waals surface area (Å²) in [6, 6.07) is 7.32. The van der Waals surface area contributed by atoms with E-state index in [9.17, 15) is 14.4 Å². The lowest BCUT2D eigenvalue weighted by Crippen LogP contribution is -2.33. The van der Waals surface area contributed by atoms with Crippen LogP contribution in [0.4, 0.5) is 0 Å². The van der Waals surface area contributed by atoms with E-state index in [1.54, 1.807) is 18.0 Å². The van der Waals surface area contributed by atoms with Gasteiger partial charge in [0.1, 0.15) is 5.60 Å². The van der Waals surface area contributed by atoms with E-state index in [-0.39, 0.29) is 37.2 Å². The third-order valence-corrected chi connectivity index (χ3v) is 3.73. The minimum atomic E-state index is -0.492. The van der Waals surface area contributed by atoms with E-state index in [4.69, 9.17) is 4.74 Å². The number of esters is 1. The summed E-state index contributed by atoms with van der Waals surface area (Å²) in [6.07, 6.45) is 1.05. The van der Waals surface area contributed by atoms with Crippen LogP contribution in [-0.2, 0) is 14.3 Å². The number of rotatable bonds is 8. The zero-order chi connectivity index (χ0) is 19.7. The summed E-state index contributed by atoms with van der Waals surface area (Å²) in [7, 11) is 1.70. The number of amides is 2. The first-order valence-corrected chi connectivity index (χ1v) is 8.90. The van der Waals surface area contributed by atoms with Crippen LogP contribution in [0.3, 0.4) is 0 Å². The summed E-state index contributed by atoms with van der Waals surface area (Å²) in [4.78, 5) is 37.4. The normalized spacial score (nSPS) is 11.0. The average Bonchev–Trinajstić information content (AvgIpc) is 2.53. The molecule has 0 aliphatic heterocycles. The highest BCUT2D eigenvalue weighted by atomic mass is 16.6. The average molecular weight is 362 g/mol. The van der Waals surface area contributed by atoms with Crippen LogP contribution in [0.25, 0.3) is 0 Å². The highest BCUT2D eigenvalue weighted by Gasteiger charge is 2.16. The summed E-state index contributed by atoms with van der Waals surface area (Å²) in [6.45, 7) is 8.11.